The van der Waals surface area contributed by atoms with Crippen LogP contribution in [0.15, 0.2) is 48.7 Å². The van der Waals surface area contributed by atoms with E-state index < -0.39 is 10.8 Å². The lowest BCUT2D eigenvalue weighted by atomic mass is 10.2. The van der Waals surface area contributed by atoms with Gasteiger partial charge in [-0.2, -0.15) is 5.10 Å². The number of carbonyl (C=O) groups excluding carboxylic acids is 1. The molecule has 138 valence electrons. The first-order valence-electron chi connectivity index (χ1n) is 7.87. The van der Waals surface area contributed by atoms with Gasteiger partial charge in [0, 0.05) is 19.2 Å². The van der Waals surface area contributed by atoms with E-state index in [4.69, 9.17) is 4.74 Å². The Kier molecular flexibility index (Phi) is 5.40. The van der Waals surface area contributed by atoms with E-state index in [2.05, 4.69) is 10.4 Å². The summed E-state index contributed by atoms with van der Waals surface area (Å²) in [7, 11) is 1.65. The normalized spacial score (nSPS) is 10.5. The highest BCUT2D eigenvalue weighted by molar-refractivity contribution is 14.1. The van der Waals surface area contributed by atoms with E-state index in [1.54, 1.807) is 25.4 Å². The lowest BCUT2D eigenvalue weighted by molar-refractivity contribution is -0.384. The van der Waals surface area contributed by atoms with Crippen LogP contribution >= 0.6 is 22.6 Å². The molecule has 3 aromatic rings. The summed E-state index contributed by atoms with van der Waals surface area (Å²) in [6.45, 7) is 1.87. The Balaban J connectivity index is 1.93. The third kappa shape index (κ3) is 4.25. The smallest absolute Gasteiger partial charge is 0.275 e. The van der Waals surface area contributed by atoms with Crippen LogP contribution in [0.5, 0.6) is 11.5 Å². The third-order valence-electron chi connectivity index (χ3n) is 3.79. The molecule has 0 saturated carbocycles. The number of para-hydroxylation sites is 1. The van der Waals surface area contributed by atoms with Crippen LogP contribution in [-0.4, -0.2) is 20.6 Å². The average molecular weight is 478 g/mol. The van der Waals surface area contributed by atoms with Crippen molar-refractivity contribution in [3.8, 4) is 11.5 Å². The molecule has 0 bridgehead atoms. The van der Waals surface area contributed by atoms with Gasteiger partial charge in [-0.05, 0) is 41.1 Å². The number of aromatic nitrogens is 2. The molecule has 0 aliphatic rings. The second-order valence-electron chi connectivity index (χ2n) is 5.76. The molecule has 27 heavy (non-hydrogen) atoms. The molecule has 0 saturated heterocycles. The number of ether oxygens (including phenoxy) is 1. The number of carbonyl (C=O) groups is 1. The summed E-state index contributed by atoms with van der Waals surface area (Å²) in [5, 5.41) is 18.0. The molecule has 8 nitrogen and oxygen atoms in total. The summed E-state index contributed by atoms with van der Waals surface area (Å²) >= 11 is 2.00. The number of aryl methyl sites for hydroxylation is 2. The number of rotatable bonds is 5. The van der Waals surface area contributed by atoms with Gasteiger partial charge in [0.05, 0.1) is 26.4 Å². The summed E-state index contributed by atoms with van der Waals surface area (Å²) in [5.74, 6) is 0.423. The highest BCUT2D eigenvalue weighted by atomic mass is 127. The van der Waals surface area contributed by atoms with Gasteiger partial charge in [-0.25, -0.2) is 0 Å². The Labute approximate surface area is 168 Å². The Morgan fingerprint density at radius 1 is 1.30 bits per heavy atom. The molecule has 0 unspecified atom stereocenters. The minimum atomic E-state index is -0.534. The lowest BCUT2D eigenvalue weighted by Crippen LogP contribution is -2.17. The van der Waals surface area contributed by atoms with Gasteiger partial charge in [-0.1, -0.05) is 18.2 Å². The average Bonchev–Trinajstić information content (AvgIpc) is 2.95. The van der Waals surface area contributed by atoms with E-state index in [1.165, 1.54) is 16.8 Å². The van der Waals surface area contributed by atoms with E-state index in [0.717, 1.165) is 5.56 Å². The maximum Gasteiger partial charge on any atom is 0.275 e. The molecule has 1 heterocycles. The number of amides is 1. The van der Waals surface area contributed by atoms with Crippen molar-refractivity contribution in [2.45, 2.75) is 6.92 Å². The number of halogens is 1. The SMILES string of the molecule is Cc1ccccc1Oc1cc(NC(=O)c2c(I)cnn2C)cc([N+](=O)[O-])c1. The number of anilines is 1. The number of hydrogen-bond donors (Lipinski definition) is 1. The molecule has 0 atom stereocenters. The maximum absolute atomic E-state index is 12.5. The van der Waals surface area contributed by atoms with Crippen molar-refractivity contribution in [1.29, 1.82) is 0 Å². The predicted molar refractivity (Wildman–Crippen MR) is 108 cm³/mol. The van der Waals surface area contributed by atoms with Crippen LogP contribution < -0.4 is 10.1 Å². The van der Waals surface area contributed by atoms with Crippen LogP contribution in [-0.2, 0) is 7.05 Å². The van der Waals surface area contributed by atoms with Crippen molar-refractivity contribution in [3.05, 3.63) is 73.6 Å². The van der Waals surface area contributed by atoms with Crippen molar-refractivity contribution in [3.63, 3.8) is 0 Å². The highest BCUT2D eigenvalue weighted by Gasteiger charge is 2.18. The van der Waals surface area contributed by atoms with Crippen LogP contribution in [0.2, 0.25) is 0 Å². The summed E-state index contributed by atoms with van der Waals surface area (Å²) in [4.78, 5) is 23.3. The van der Waals surface area contributed by atoms with Gasteiger partial charge in [-0.3, -0.25) is 19.6 Å². The van der Waals surface area contributed by atoms with Crippen molar-refractivity contribution in [2.24, 2.45) is 7.05 Å². The Morgan fingerprint density at radius 3 is 2.67 bits per heavy atom. The molecule has 1 amide bonds. The molecule has 2 aromatic carbocycles. The minimum absolute atomic E-state index is 0.184. The number of non-ortho nitro benzene ring substituents is 1. The standard InChI is InChI=1S/C18H15IN4O4/c1-11-5-3-4-6-16(11)27-14-8-12(7-13(9-14)23(25)26)21-18(24)17-15(19)10-20-22(17)2/h3-10H,1-2H3,(H,21,24). The molecule has 0 spiro atoms. The molecule has 0 radical (unpaired) electrons. The molecule has 0 aliphatic carbocycles. The summed E-state index contributed by atoms with van der Waals surface area (Å²) < 4.78 is 7.90. The topological polar surface area (TPSA) is 99.3 Å². The second kappa shape index (κ2) is 7.74. The van der Waals surface area contributed by atoms with Crippen LogP contribution in [0.1, 0.15) is 16.1 Å². The molecule has 0 aliphatic heterocycles. The maximum atomic E-state index is 12.5. The molecular formula is C18H15IN4O4. The van der Waals surface area contributed by atoms with Gasteiger partial charge < -0.3 is 10.1 Å². The molecule has 0 fully saturated rings. The van der Waals surface area contributed by atoms with E-state index in [9.17, 15) is 14.9 Å². The highest BCUT2D eigenvalue weighted by Crippen LogP contribution is 2.31. The first-order valence-corrected chi connectivity index (χ1v) is 8.95. The largest absolute Gasteiger partial charge is 0.457 e. The van der Waals surface area contributed by atoms with Crippen LogP contribution in [0.25, 0.3) is 0 Å². The molecule has 3 rings (SSSR count). The number of benzene rings is 2. The lowest BCUT2D eigenvalue weighted by Gasteiger charge is -2.11. The monoisotopic (exact) mass is 478 g/mol. The molecule has 1 aromatic heterocycles. The zero-order chi connectivity index (χ0) is 19.6. The predicted octanol–water partition coefficient (Wildman–Crippen LogP) is 4.29. The number of nitrogens with one attached hydrogen (secondary N) is 1. The van der Waals surface area contributed by atoms with Gasteiger partial charge in [0.25, 0.3) is 11.6 Å². The minimum Gasteiger partial charge on any atom is -0.457 e. The van der Waals surface area contributed by atoms with E-state index in [0.29, 0.717) is 15.0 Å². The van der Waals surface area contributed by atoms with E-state index >= 15 is 0 Å². The fourth-order valence-electron chi connectivity index (χ4n) is 2.47. The number of hydrogen-bond acceptors (Lipinski definition) is 5. The zero-order valence-corrected chi connectivity index (χ0v) is 16.6. The van der Waals surface area contributed by atoms with Crippen LogP contribution in [0.3, 0.4) is 0 Å². The Bertz CT molecular complexity index is 1010. The quantitative estimate of drug-likeness (QED) is 0.335. The first kappa shape index (κ1) is 18.8. The number of nitro benzene ring substituents is 1. The van der Waals surface area contributed by atoms with Gasteiger partial charge in [0.15, 0.2) is 0 Å². The van der Waals surface area contributed by atoms with E-state index in [-0.39, 0.29) is 17.1 Å². The Morgan fingerprint density at radius 2 is 2.04 bits per heavy atom. The first-order chi connectivity index (χ1) is 12.8. The van der Waals surface area contributed by atoms with Crippen molar-refractivity contribution in [1.82, 2.24) is 9.78 Å². The van der Waals surface area contributed by atoms with Crippen LogP contribution in [0, 0.1) is 20.6 Å². The molecule has 1 N–H and O–H groups in total. The van der Waals surface area contributed by atoms with Gasteiger partial charge in [0.2, 0.25) is 0 Å². The fourth-order valence-corrected chi connectivity index (χ4v) is 3.19. The fraction of sp³-hybridized carbons (Fsp3) is 0.111. The van der Waals surface area contributed by atoms with Crippen molar-refractivity contribution < 1.29 is 14.5 Å². The molecular weight excluding hydrogens is 463 g/mol. The van der Waals surface area contributed by atoms with Gasteiger partial charge in [-0.15, -0.1) is 0 Å². The molecule has 9 heteroatoms. The number of nitro groups is 1. The van der Waals surface area contributed by atoms with Gasteiger partial charge in [0.1, 0.15) is 17.2 Å². The van der Waals surface area contributed by atoms with Crippen molar-refractivity contribution >= 4 is 39.9 Å². The van der Waals surface area contributed by atoms with Crippen LogP contribution in [0.4, 0.5) is 11.4 Å². The Hall–Kier alpha value is -2.95. The zero-order valence-electron chi connectivity index (χ0n) is 14.5. The summed E-state index contributed by atoms with van der Waals surface area (Å²) in [6, 6.07) is 11.5. The summed E-state index contributed by atoms with van der Waals surface area (Å²) in [6.07, 6.45) is 1.57. The number of nitrogens with zero attached hydrogens (tertiary/aromatic N) is 3. The van der Waals surface area contributed by atoms with Gasteiger partial charge >= 0.3 is 0 Å². The summed E-state index contributed by atoms with van der Waals surface area (Å²) in [5.41, 5.74) is 1.33. The van der Waals surface area contributed by atoms with E-state index in [1.807, 2.05) is 47.7 Å². The third-order valence-corrected chi connectivity index (χ3v) is 4.58. The second-order valence-corrected chi connectivity index (χ2v) is 6.92. The van der Waals surface area contributed by atoms with Crippen molar-refractivity contribution in [2.75, 3.05) is 5.32 Å².